The summed E-state index contributed by atoms with van der Waals surface area (Å²) in [5.74, 6) is 0.153. The first-order chi connectivity index (χ1) is 16.3. The van der Waals surface area contributed by atoms with Crippen molar-refractivity contribution >= 4 is 41.8 Å². The molecular formula is C26H32N3O3SSi. The van der Waals surface area contributed by atoms with Crippen molar-refractivity contribution in [3.8, 4) is 0 Å². The molecule has 1 aliphatic heterocycles. The Morgan fingerprint density at radius 1 is 1.15 bits per heavy atom. The topological polar surface area (TPSA) is 65.9 Å². The summed E-state index contributed by atoms with van der Waals surface area (Å²) in [6.07, 6.45) is -0.126. The highest BCUT2D eigenvalue weighted by atomic mass is 32.1. The fourth-order valence-corrected chi connectivity index (χ4v) is 7.03. The van der Waals surface area contributed by atoms with Gasteiger partial charge in [-0.15, -0.1) is 11.3 Å². The monoisotopic (exact) mass is 494 g/mol. The molecule has 0 saturated carbocycles. The van der Waals surface area contributed by atoms with Crippen molar-refractivity contribution in [3.05, 3.63) is 71.7 Å². The van der Waals surface area contributed by atoms with Gasteiger partial charge in [-0.2, -0.15) is 0 Å². The van der Waals surface area contributed by atoms with E-state index in [0.717, 1.165) is 11.7 Å². The molecule has 34 heavy (non-hydrogen) atoms. The minimum atomic E-state index is -1.49. The van der Waals surface area contributed by atoms with E-state index in [1.54, 1.807) is 12.4 Å². The van der Waals surface area contributed by atoms with Crippen LogP contribution in [0.3, 0.4) is 0 Å². The molecule has 3 aromatic rings. The van der Waals surface area contributed by atoms with Crippen LogP contribution in [0.15, 0.2) is 66.0 Å². The zero-order valence-corrected chi connectivity index (χ0v) is 22.0. The largest absolute Gasteiger partial charge is 0.395 e. The Bertz CT molecular complexity index is 1050. The molecule has 1 saturated heterocycles. The highest BCUT2D eigenvalue weighted by Crippen LogP contribution is 2.43. The lowest BCUT2D eigenvalue weighted by Crippen LogP contribution is -2.65. The maximum Gasteiger partial charge on any atom is 0.285 e. The second-order valence-corrected chi connectivity index (χ2v) is 12.5. The van der Waals surface area contributed by atoms with Gasteiger partial charge in [-0.1, -0.05) is 81.4 Å². The number of aliphatic hydroxyl groups is 1. The Labute approximate surface area is 207 Å². The molecule has 1 aromatic heterocycles. The summed E-state index contributed by atoms with van der Waals surface area (Å²) < 4.78 is 6.99. The molecule has 8 heteroatoms. The van der Waals surface area contributed by atoms with Gasteiger partial charge in [0.2, 0.25) is 0 Å². The first-order valence-corrected chi connectivity index (χ1v) is 13.8. The van der Waals surface area contributed by atoms with Crippen LogP contribution in [0.4, 0.5) is 5.13 Å². The number of thiazole rings is 1. The van der Waals surface area contributed by atoms with E-state index < -0.39 is 9.04 Å². The zero-order chi connectivity index (χ0) is 24.3. The van der Waals surface area contributed by atoms with Crippen molar-refractivity contribution in [1.29, 1.82) is 0 Å². The molecule has 1 amide bonds. The van der Waals surface area contributed by atoms with Crippen molar-refractivity contribution in [2.75, 3.05) is 31.6 Å². The molecule has 2 heterocycles. The van der Waals surface area contributed by atoms with Crippen LogP contribution in [0, 0.1) is 11.3 Å². The Balaban J connectivity index is 1.62. The van der Waals surface area contributed by atoms with E-state index in [1.165, 1.54) is 26.6 Å². The average molecular weight is 495 g/mol. The van der Waals surface area contributed by atoms with E-state index in [-0.39, 0.29) is 30.7 Å². The predicted molar refractivity (Wildman–Crippen MR) is 139 cm³/mol. The summed E-state index contributed by atoms with van der Waals surface area (Å²) >= 11 is 1.47. The second-order valence-electron chi connectivity index (χ2n) is 9.66. The smallest absolute Gasteiger partial charge is 0.285 e. The van der Waals surface area contributed by atoms with Gasteiger partial charge in [0.25, 0.3) is 14.9 Å². The first kappa shape index (κ1) is 24.6. The fraction of sp³-hybridized carbons (Fsp3) is 0.385. The molecule has 1 radical (unpaired) electrons. The number of nitrogens with zero attached hydrogens (tertiary/aromatic N) is 3. The van der Waals surface area contributed by atoms with Crippen molar-refractivity contribution in [2.24, 2.45) is 11.3 Å². The van der Waals surface area contributed by atoms with Crippen LogP contribution in [0.2, 0.25) is 0 Å². The molecule has 0 aliphatic carbocycles. The van der Waals surface area contributed by atoms with Gasteiger partial charge in [0.15, 0.2) is 5.13 Å². The molecular weight excluding hydrogens is 462 g/mol. The van der Waals surface area contributed by atoms with Gasteiger partial charge in [0.05, 0.1) is 6.61 Å². The van der Waals surface area contributed by atoms with E-state index in [9.17, 15) is 4.79 Å². The molecule has 179 valence electrons. The maximum absolute atomic E-state index is 12.6. The number of amides is 1. The van der Waals surface area contributed by atoms with Crippen molar-refractivity contribution < 1.29 is 14.3 Å². The van der Waals surface area contributed by atoms with E-state index in [2.05, 4.69) is 79.2 Å². The lowest BCUT2D eigenvalue weighted by Gasteiger charge is -2.53. The van der Waals surface area contributed by atoms with Gasteiger partial charge in [0, 0.05) is 31.4 Å². The number of benzene rings is 2. The third-order valence-corrected chi connectivity index (χ3v) is 9.28. The van der Waals surface area contributed by atoms with Gasteiger partial charge in [-0.25, -0.2) is 4.98 Å². The minimum absolute atomic E-state index is 0.0682. The number of aromatic nitrogens is 1. The molecule has 2 aromatic carbocycles. The summed E-state index contributed by atoms with van der Waals surface area (Å²) in [5.41, 5.74) is 0.476. The molecule has 2 unspecified atom stereocenters. The highest BCUT2D eigenvalue weighted by molar-refractivity contribution is 7.14. The average Bonchev–Trinajstić information content (AvgIpc) is 3.28. The van der Waals surface area contributed by atoms with Gasteiger partial charge in [0.1, 0.15) is 11.9 Å². The van der Waals surface area contributed by atoms with Crippen LogP contribution < -0.4 is 15.3 Å². The van der Waals surface area contributed by atoms with Crippen LogP contribution in [0.25, 0.3) is 0 Å². The zero-order valence-electron chi connectivity index (χ0n) is 20.1. The number of anilines is 1. The van der Waals surface area contributed by atoms with Gasteiger partial charge >= 0.3 is 0 Å². The fourth-order valence-electron chi connectivity index (χ4n) is 4.06. The van der Waals surface area contributed by atoms with Crippen molar-refractivity contribution in [1.82, 2.24) is 9.88 Å². The molecule has 1 fully saturated rings. The van der Waals surface area contributed by atoms with Crippen LogP contribution >= 0.6 is 11.3 Å². The van der Waals surface area contributed by atoms with Gasteiger partial charge in [-0.3, -0.25) is 4.79 Å². The number of hydrogen-bond donors (Lipinski definition) is 1. The number of aliphatic hydroxyl groups excluding tert-OH is 1. The molecule has 0 spiro atoms. The van der Waals surface area contributed by atoms with E-state index in [0.29, 0.717) is 11.6 Å². The number of likely N-dealkylation sites (N-methyl/N-ethyl adjacent to an activating group) is 1. The Hall–Kier alpha value is -2.52. The lowest BCUT2D eigenvalue weighted by molar-refractivity contribution is 0.00493. The normalized spacial score (nSPS) is 18.1. The van der Waals surface area contributed by atoms with Crippen molar-refractivity contribution in [3.63, 3.8) is 0 Å². The van der Waals surface area contributed by atoms with Crippen molar-refractivity contribution in [2.45, 2.75) is 27.0 Å². The summed E-state index contributed by atoms with van der Waals surface area (Å²) in [7, 11) is 0.189. The number of hydrogen-bond acceptors (Lipinski definition) is 6. The van der Waals surface area contributed by atoms with Gasteiger partial charge < -0.3 is 19.3 Å². The number of rotatable bonds is 8. The SMILES string of the molecule is CN(CCO)C(=O)c1csc(N2CC(C(C)(C)C)C2O[Si](c2ccccc2)c2ccccc2)n1. The molecule has 6 nitrogen and oxygen atoms in total. The predicted octanol–water partition coefficient (Wildman–Crippen LogP) is 2.84. The van der Waals surface area contributed by atoms with Crippen LogP contribution in [-0.4, -0.2) is 62.9 Å². The summed E-state index contributed by atoms with van der Waals surface area (Å²) in [5, 5.41) is 14.2. The second kappa shape index (κ2) is 10.4. The Kier molecular flexibility index (Phi) is 7.52. The van der Waals surface area contributed by atoms with E-state index >= 15 is 0 Å². The first-order valence-electron chi connectivity index (χ1n) is 11.5. The van der Waals surface area contributed by atoms with Crippen LogP contribution in [0.1, 0.15) is 31.3 Å². The Morgan fingerprint density at radius 3 is 2.26 bits per heavy atom. The molecule has 1 aliphatic rings. The van der Waals surface area contributed by atoms with Crippen LogP contribution in [-0.2, 0) is 4.43 Å². The summed E-state index contributed by atoms with van der Waals surface area (Å²) in [6, 6.07) is 20.9. The summed E-state index contributed by atoms with van der Waals surface area (Å²) in [6.45, 7) is 7.81. The highest BCUT2D eigenvalue weighted by Gasteiger charge is 2.48. The van der Waals surface area contributed by atoms with E-state index in [4.69, 9.17) is 9.53 Å². The Morgan fingerprint density at radius 2 is 1.74 bits per heavy atom. The molecule has 4 rings (SSSR count). The standard InChI is InChI=1S/C26H32N3O3SSi/c1-26(2,3)21-17-29(25-27-22(18-33-25)23(31)28(4)15-16-30)24(21)32-34(19-11-7-5-8-12-19)20-13-9-6-10-14-20/h5-14,18,21,24,30H,15-17H2,1-4H3. The van der Waals surface area contributed by atoms with Crippen LogP contribution in [0.5, 0.6) is 0 Å². The minimum Gasteiger partial charge on any atom is -0.395 e. The number of carbonyl (C=O) groups is 1. The quantitative estimate of drug-likeness (QED) is 0.488. The molecule has 0 bridgehead atoms. The molecule has 1 N–H and O–H groups in total. The van der Waals surface area contributed by atoms with E-state index in [1.807, 2.05) is 12.1 Å². The third-order valence-electron chi connectivity index (χ3n) is 6.21. The number of carbonyl (C=O) groups excluding carboxylic acids is 1. The van der Waals surface area contributed by atoms with Gasteiger partial charge in [-0.05, 0) is 15.8 Å². The third kappa shape index (κ3) is 5.25. The molecule has 2 atom stereocenters. The maximum atomic E-state index is 12.6. The lowest BCUT2D eigenvalue weighted by atomic mass is 9.74. The summed E-state index contributed by atoms with van der Waals surface area (Å²) in [4.78, 5) is 21.0.